The Balaban J connectivity index is 2.24. The van der Waals surface area contributed by atoms with Gasteiger partial charge in [0.15, 0.2) is 0 Å². The Kier molecular flexibility index (Phi) is 6.72. The van der Waals surface area contributed by atoms with Crippen molar-refractivity contribution in [3.8, 4) is 0 Å². The minimum atomic E-state index is -3.24. The van der Waals surface area contributed by atoms with E-state index >= 15 is 0 Å². The molecule has 0 fully saturated rings. The van der Waals surface area contributed by atoms with Crippen molar-refractivity contribution in [3.63, 3.8) is 0 Å². The van der Waals surface area contributed by atoms with Gasteiger partial charge >= 0.3 is 0 Å². The molecule has 0 bridgehead atoms. The summed E-state index contributed by atoms with van der Waals surface area (Å²) in [5.41, 5.74) is 0. The summed E-state index contributed by atoms with van der Waals surface area (Å²) in [7, 11) is -3.24. The maximum atomic E-state index is 11.7. The van der Waals surface area contributed by atoms with Crippen LogP contribution in [0.25, 0.3) is 0 Å². The quantitative estimate of drug-likeness (QED) is 0.701. The number of anilines is 1. The van der Waals surface area contributed by atoms with Crippen molar-refractivity contribution in [1.29, 1.82) is 0 Å². The van der Waals surface area contributed by atoms with Crippen LogP contribution < -0.4 is 4.72 Å². The highest BCUT2D eigenvalue weighted by atomic mass is 32.2. The van der Waals surface area contributed by atoms with Gasteiger partial charge in [-0.15, -0.1) is 0 Å². The van der Waals surface area contributed by atoms with Crippen molar-refractivity contribution in [1.82, 2.24) is 4.98 Å². The predicted molar refractivity (Wildman–Crippen MR) is 75.0 cm³/mol. The maximum Gasteiger partial charge on any atom is 0.233 e. The average Bonchev–Trinajstić information content (AvgIpc) is 2.34. The number of unbranched alkanes of at least 4 members (excludes halogenated alkanes) is 5. The molecule has 102 valence electrons. The number of hydrogen-bond donors (Lipinski definition) is 1. The van der Waals surface area contributed by atoms with Gasteiger partial charge in [-0.25, -0.2) is 13.4 Å². The maximum absolute atomic E-state index is 11.7. The summed E-state index contributed by atoms with van der Waals surface area (Å²) in [4.78, 5) is 3.94. The largest absolute Gasteiger partial charge is 0.267 e. The van der Waals surface area contributed by atoms with Crippen molar-refractivity contribution in [2.75, 3.05) is 10.5 Å². The molecule has 0 aromatic carbocycles. The van der Waals surface area contributed by atoms with E-state index in [0.717, 1.165) is 12.8 Å². The fourth-order valence-electron chi connectivity index (χ4n) is 1.71. The van der Waals surface area contributed by atoms with E-state index in [1.165, 1.54) is 19.3 Å². The summed E-state index contributed by atoms with van der Waals surface area (Å²) < 4.78 is 26.0. The topological polar surface area (TPSA) is 59.1 Å². The monoisotopic (exact) mass is 270 g/mol. The number of nitrogens with zero attached hydrogens (tertiary/aromatic N) is 1. The number of sulfonamides is 1. The molecule has 0 aliphatic heterocycles. The first-order valence-corrected chi connectivity index (χ1v) is 8.21. The Morgan fingerprint density at radius 1 is 1.11 bits per heavy atom. The minimum Gasteiger partial charge on any atom is -0.267 e. The van der Waals surface area contributed by atoms with E-state index < -0.39 is 10.0 Å². The molecule has 0 atom stereocenters. The second kappa shape index (κ2) is 8.08. The molecule has 0 aliphatic carbocycles. The molecule has 0 aliphatic rings. The van der Waals surface area contributed by atoms with Gasteiger partial charge in [-0.1, -0.05) is 45.1 Å². The zero-order valence-corrected chi connectivity index (χ0v) is 11.7. The fourth-order valence-corrected chi connectivity index (χ4v) is 2.83. The second-order valence-corrected chi connectivity index (χ2v) is 6.25. The fraction of sp³-hybridized carbons (Fsp3) is 0.615. The highest BCUT2D eigenvalue weighted by molar-refractivity contribution is 7.92. The van der Waals surface area contributed by atoms with Crippen LogP contribution in [-0.4, -0.2) is 19.2 Å². The lowest BCUT2D eigenvalue weighted by molar-refractivity contribution is 0.588. The number of pyridine rings is 1. The Bertz CT molecular complexity index is 418. The third-order valence-corrected chi connectivity index (χ3v) is 4.04. The molecular formula is C13H22N2O2S. The highest BCUT2D eigenvalue weighted by Crippen LogP contribution is 2.08. The van der Waals surface area contributed by atoms with Crippen LogP contribution in [0, 0.1) is 0 Å². The van der Waals surface area contributed by atoms with Crippen molar-refractivity contribution in [3.05, 3.63) is 24.4 Å². The summed E-state index contributed by atoms with van der Waals surface area (Å²) in [6.45, 7) is 2.17. The first kappa shape index (κ1) is 15.0. The Labute approximate surface area is 110 Å². The zero-order chi connectivity index (χ0) is 13.3. The van der Waals surface area contributed by atoms with E-state index in [2.05, 4.69) is 16.6 Å². The van der Waals surface area contributed by atoms with Crippen LogP contribution in [0.5, 0.6) is 0 Å². The molecule has 1 aromatic rings. The summed E-state index contributed by atoms with van der Waals surface area (Å²) in [6.07, 6.45) is 8.02. The lowest BCUT2D eigenvalue weighted by atomic mass is 10.1. The van der Waals surface area contributed by atoms with Crippen molar-refractivity contribution < 1.29 is 8.42 Å². The van der Waals surface area contributed by atoms with Crippen LogP contribution in [0.15, 0.2) is 24.4 Å². The summed E-state index contributed by atoms with van der Waals surface area (Å²) in [5.74, 6) is 0.568. The standard InChI is InChI=1S/C13H22N2O2S/c1-2-3-4-5-6-9-12-18(16,17)15-13-10-7-8-11-14-13/h7-8,10-11H,2-6,9,12H2,1H3,(H,14,15). The van der Waals surface area contributed by atoms with E-state index in [9.17, 15) is 8.42 Å². The smallest absolute Gasteiger partial charge is 0.233 e. The zero-order valence-electron chi connectivity index (χ0n) is 10.9. The molecule has 0 spiro atoms. The highest BCUT2D eigenvalue weighted by Gasteiger charge is 2.09. The lowest BCUT2D eigenvalue weighted by Crippen LogP contribution is -2.17. The van der Waals surface area contributed by atoms with E-state index in [-0.39, 0.29) is 5.75 Å². The van der Waals surface area contributed by atoms with E-state index in [1.54, 1.807) is 24.4 Å². The molecule has 1 N–H and O–H groups in total. The number of nitrogens with one attached hydrogen (secondary N) is 1. The summed E-state index contributed by atoms with van der Waals surface area (Å²) in [6, 6.07) is 5.17. The minimum absolute atomic E-state index is 0.176. The third kappa shape index (κ3) is 6.59. The molecule has 1 rings (SSSR count). The van der Waals surface area contributed by atoms with E-state index in [0.29, 0.717) is 12.2 Å². The lowest BCUT2D eigenvalue weighted by Gasteiger charge is -2.06. The van der Waals surface area contributed by atoms with Gasteiger partial charge in [-0.05, 0) is 18.6 Å². The van der Waals surface area contributed by atoms with Gasteiger partial charge in [-0.2, -0.15) is 0 Å². The van der Waals surface area contributed by atoms with Crippen molar-refractivity contribution in [2.45, 2.75) is 45.4 Å². The van der Waals surface area contributed by atoms with Gasteiger partial charge in [0.25, 0.3) is 0 Å². The summed E-state index contributed by atoms with van der Waals surface area (Å²) in [5, 5.41) is 0. The molecule has 4 nitrogen and oxygen atoms in total. The molecule has 0 radical (unpaired) electrons. The van der Waals surface area contributed by atoms with Crippen LogP contribution in [0.4, 0.5) is 5.82 Å². The summed E-state index contributed by atoms with van der Waals surface area (Å²) >= 11 is 0. The van der Waals surface area contributed by atoms with E-state index in [4.69, 9.17) is 0 Å². The van der Waals surface area contributed by atoms with Crippen LogP contribution >= 0.6 is 0 Å². The van der Waals surface area contributed by atoms with Gasteiger partial charge in [0.1, 0.15) is 5.82 Å². The van der Waals surface area contributed by atoms with Crippen LogP contribution in [0.1, 0.15) is 45.4 Å². The molecule has 1 aromatic heterocycles. The van der Waals surface area contributed by atoms with Crippen molar-refractivity contribution in [2.24, 2.45) is 0 Å². The third-order valence-electron chi connectivity index (χ3n) is 2.69. The first-order valence-electron chi connectivity index (χ1n) is 6.55. The van der Waals surface area contributed by atoms with Crippen LogP contribution in [0.2, 0.25) is 0 Å². The molecule has 0 unspecified atom stereocenters. The number of aromatic nitrogens is 1. The normalized spacial score (nSPS) is 11.4. The molecule has 0 amide bonds. The molecule has 0 saturated carbocycles. The van der Waals surface area contributed by atoms with Gasteiger partial charge in [0, 0.05) is 6.20 Å². The average molecular weight is 270 g/mol. The number of rotatable bonds is 9. The Hall–Kier alpha value is -1.10. The van der Waals surface area contributed by atoms with Crippen molar-refractivity contribution >= 4 is 15.8 Å². The molecule has 18 heavy (non-hydrogen) atoms. The Morgan fingerprint density at radius 2 is 1.83 bits per heavy atom. The van der Waals surface area contributed by atoms with Gasteiger partial charge in [-0.3, -0.25) is 4.72 Å². The molecule has 5 heteroatoms. The van der Waals surface area contributed by atoms with Crippen LogP contribution in [-0.2, 0) is 10.0 Å². The van der Waals surface area contributed by atoms with Gasteiger partial charge in [0.05, 0.1) is 5.75 Å². The first-order chi connectivity index (χ1) is 8.64. The number of hydrogen-bond acceptors (Lipinski definition) is 3. The Morgan fingerprint density at radius 3 is 2.50 bits per heavy atom. The van der Waals surface area contributed by atoms with E-state index in [1.807, 2.05) is 0 Å². The second-order valence-electron chi connectivity index (χ2n) is 4.40. The SMILES string of the molecule is CCCCCCCCS(=O)(=O)Nc1ccccn1. The molecule has 0 saturated heterocycles. The molecule has 1 heterocycles. The van der Waals surface area contributed by atoms with Crippen LogP contribution in [0.3, 0.4) is 0 Å². The predicted octanol–water partition coefficient (Wildman–Crippen LogP) is 3.18. The molecular weight excluding hydrogens is 248 g/mol. The van der Waals surface area contributed by atoms with Gasteiger partial charge < -0.3 is 0 Å². The van der Waals surface area contributed by atoms with Gasteiger partial charge in [0.2, 0.25) is 10.0 Å².